The number of nitrogens with zero attached hydrogens (tertiary/aromatic N) is 3. The summed E-state index contributed by atoms with van der Waals surface area (Å²) in [6.45, 7) is 6.39. The van der Waals surface area contributed by atoms with Crippen LogP contribution in [-0.4, -0.2) is 16.1 Å². The molecule has 0 saturated heterocycles. The third kappa shape index (κ3) is 5.28. The smallest absolute Gasteiger partial charge is 0.160 e. The first-order valence-electron chi connectivity index (χ1n) is 14.8. The van der Waals surface area contributed by atoms with Crippen LogP contribution >= 0.6 is 0 Å². The van der Waals surface area contributed by atoms with Gasteiger partial charge < -0.3 is 4.57 Å². The fourth-order valence-corrected chi connectivity index (χ4v) is 5.72. The molecule has 1 aromatic heterocycles. The average molecular weight is 566 g/mol. The summed E-state index contributed by atoms with van der Waals surface area (Å²) in [5, 5.41) is 2.48. The molecule has 3 nitrogen and oxygen atoms in total. The first kappa shape index (κ1) is 27.1. The highest BCUT2D eigenvalue weighted by Crippen LogP contribution is 2.35. The maximum absolute atomic E-state index is 4.98. The Labute approximate surface area is 257 Å². The average Bonchev–Trinajstić information content (AvgIpc) is 3.43. The monoisotopic (exact) mass is 565 g/mol. The minimum atomic E-state index is 0.635. The minimum absolute atomic E-state index is 0.635. The lowest BCUT2D eigenvalue weighted by Gasteiger charge is -2.10. The molecule has 44 heavy (non-hydrogen) atoms. The van der Waals surface area contributed by atoms with E-state index in [1.54, 1.807) is 0 Å². The van der Waals surface area contributed by atoms with Gasteiger partial charge in [0, 0.05) is 33.3 Å². The van der Waals surface area contributed by atoms with Gasteiger partial charge in [-0.2, -0.15) is 0 Å². The van der Waals surface area contributed by atoms with E-state index >= 15 is 0 Å². The van der Waals surface area contributed by atoms with Gasteiger partial charge in [-0.3, -0.25) is 0 Å². The maximum Gasteiger partial charge on any atom is 0.160 e. The number of hydrogen-bond acceptors (Lipinski definition) is 1. The van der Waals surface area contributed by atoms with E-state index in [2.05, 4.69) is 120 Å². The van der Waals surface area contributed by atoms with Crippen molar-refractivity contribution in [3.8, 4) is 16.8 Å². The molecular formula is C41H31N3. The van der Waals surface area contributed by atoms with Crippen molar-refractivity contribution in [3.63, 3.8) is 0 Å². The van der Waals surface area contributed by atoms with Crippen molar-refractivity contribution in [2.75, 3.05) is 0 Å². The van der Waals surface area contributed by atoms with Crippen LogP contribution in [0.15, 0.2) is 174 Å². The van der Waals surface area contributed by atoms with Crippen LogP contribution in [0.5, 0.6) is 0 Å². The Morgan fingerprint density at radius 3 is 1.84 bits per heavy atom. The van der Waals surface area contributed by atoms with Crippen molar-refractivity contribution >= 4 is 39.1 Å². The Hall–Kier alpha value is -5.80. The van der Waals surface area contributed by atoms with Crippen LogP contribution < -0.4 is 0 Å². The number of aromatic nitrogens is 1. The van der Waals surface area contributed by atoms with Crippen LogP contribution in [0.1, 0.15) is 23.6 Å². The highest BCUT2D eigenvalue weighted by atomic mass is 15.0. The Morgan fingerprint density at radius 1 is 0.500 bits per heavy atom. The van der Waals surface area contributed by atoms with Crippen molar-refractivity contribution in [2.24, 2.45) is 9.98 Å². The summed E-state index contributed by atoms with van der Waals surface area (Å²) in [5.74, 6) is 0.635. The molecule has 0 unspecified atom stereocenters. The van der Waals surface area contributed by atoms with Gasteiger partial charge >= 0.3 is 0 Å². The summed E-state index contributed by atoms with van der Waals surface area (Å²) in [4.78, 5) is 9.94. The maximum atomic E-state index is 4.98. The molecule has 0 amide bonds. The lowest BCUT2D eigenvalue weighted by molar-refractivity contribution is 1.18. The zero-order valence-corrected chi connectivity index (χ0v) is 24.6. The molecule has 7 aromatic rings. The second-order valence-corrected chi connectivity index (χ2v) is 10.8. The summed E-state index contributed by atoms with van der Waals surface area (Å²) < 4.78 is 2.35. The first-order valence-corrected chi connectivity index (χ1v) is 14.8. The lowest BCUT2D eigenvalue weighted by atomic mass is 10.0. The molecule has 0 atom stereocenters. The number of amidine groups is 1. The largest absolute Gasteiger partial charge is 0.309 e. The fourth-order valence-electron chi connectivity index (χ4n) is 5.72. The van der Waals surface area contributed by atoms with Crippen molar-refractivity contribution in [1.29, 1.82) is 0 Å². The standard InChI is InChI=1S/C41H31N3/c1-29(31-15-6-3-7-16-31)42-41(32-17-8-4-9-18-32)43-30(2)33-19-14-20-34(27-33)35-25-26-38-37-23-12-13-24-39(37)44(40(38)28-35)36-21-10-5-11-22-36/h3-28H,2H2,1H3/b42-29+,43-41-. The van der Waals surface area contributed by atoms with Crippen LogP contribution in [0.25, 0.3) is 44.3 Å². The molecule has 6 aromatic carbocycles. The Kier molecular flexibility index (Phi) is 7.27. The predicted molar refractivity (Wildman–Crippen MR) is 187 cm³/mol. The van der Waals surface area contributed by atoms with Crippen LogP contribution in [0.4, 0.5) is 0 Å². The van der Waals surface area contributed by atoms with Gasteiger partial charge in [-0.25, -0.2) is 9.98 Å². The van der Waals surface area contributed by atoms with E-state index in [1.807, 2.05) is 55.5 Å². The van der Waals surface area contributed by atoms with E-state index in [0.29, 0.717) is 11.5 Å². The summed E-state index contributed by atoms with van der Waals surface area (Å²) in [6, 6.07) is 54.6. The minimum Gasteiger partial charge on any atom is -0.309 e. The fraction of sp³-hybridized carbons (Fsp3) is 0.0244. The van der Waals surface area contributed by atoms with Crippen molar-refractivity contribution in [2.45, 2.75) is 6.92 Å². The van der Waals surface area contributed by atoms with Gasteiger partial charge in [-0.15, -0.1) is 0 Å². The molecule has 3 heteroatoms. The molecule has 0 aliphatic heterocycles. The molecule has 0 saturated carbocycles. The molecule has 210 valence electrons. The highest BCUT2D eigenvalue weighted by Gasteiger charge is 2.14. The topological polar surface area (TPSA) is 29.6 Å². The molecule has 1 heterocycles. The van der Waals surface area contributed by atoms with Crippen molar-refractivity contribution < 1.29 is 0 Å². The second-order valence-electron chi connectivity index (χ2n) is 10.8. The van der Waals surface area contributed by atoms with Gasteiger partial charge in [0.15, 0.2) is 5.84 Å². The van der Waals surface area contributed by atoms with Crippen LogP contribution in [0.3, 0.4) is 0 Å². The zero-order valence-electron chi connectivity index (χ0n) is 24.6. The van der Waals surface area contributed by atoms with Crippen LogP contribution in [0.2, 0.25) is 0 Å². The number of fused-ring (bicyclic) bond motifs is 3. The lowest BCUT2D eigenvalue weighted by Crippen LogP contribution is -2.04. The van der Waals surface area contributed by atoms with Gasteiger partial charge in [-0.1, -0.05) is 134 Å². The van der Waals surface area contributed by atoms with Crippen molar-refractivity contribution in [1.82, 2.24) is 4.57 Å². The third-order valence-corrected chi connectivity index (χ3v) is 7.96. The predicted octanol–water partition coefficient (Wildman–Crippen LogP) is 10.4. The Balaban J connectivity index is 1.30. The molecular weight excluding hydrogens is 534 g/mol. The first-order chi connectivity index (χ1) is 21.7. The highest BCUT2D eigenvalue weighted by molar-refractivity contribution is 6.13. The van der Waals surface area contributed by atoms with E-state index in [9.17, 15) is 0 Å². The summed E-state index contributed by atoms with van der Waals surface area (Å²) in [6.07, 6.45) is 0. The number of benzene rings is 6. The van der Waals surface area contributed by atoms with Gasteiger partial charge in [0.05, 0.1) is 16.7 Å². The van der Waals surface area contributed by atoms with E-state index in [0.717, 1.165) is 39.2 Å². The number of hydrogen-bond donors (Lipinski definition) is 0. The molecule has 0 bridgehead atoms. The summed E-state index contributed by atoms with van der Waals surface area (Å²) >= 11 is 0. The molecule has 0 aliphatic carbocycles. The molecule has 7 rings (SSSR count). The number of rotatable bonds is 6. The second kappa shape index (κ2) is 11.8. The van der Waals surface area contributed by atoms with Crippen LogP contribution in [0, 0.1) is 0 Å². The summed E-state index contributed by atoms with van der Waals surface area (Å²) in [7, 11) is 0. The van der Waals surface area contributed by atoms with Gasteiger partial charge in [0.25, 0.3) is 0 Å². The van der Waals surface area contributed by atoms with Gasteiger partial charge in [0.2, 0.25) is 0 Å². The van der Waals surface area contributed by atoms with E-state index in [4.69, 9.17) is 9.98 Å². The third-order valence-electron chi connectivity index (χ3n) is 7.96. The molecule has 0 spiro atoms. The zero-order chi connectivity index (χ0) is 29.9. The van der Waals surface area contributed by atoms with Crippen LogP contribution in [-0.2, 0) is 0 Å². The summed E-state index contributed by atoms with van der Waals surface area (Å²) in [5.41, 5.74) is 10.3. The Bertz CT molecular complexity index is 2170. The molecule has 0 N–H and O–H groups in total. The normalized spacial score (nSPS) is 12.1. The number of aliphatic imine (C=N–C) groups is 2. The van der Waals surface area contributed by atoms with E-state index in [1.165, 1.54) is 21.8 Å². The quantitative estimate of drug-likeness (QED) is 0.142. The molecule has 0 fully saturated rings. The van der Waals surface area contributed by atoms with Gasteiger partial charge in [-0.05, 0) is 53.9 Å². The van der Waals surface area contributed by atoms with E-state index < -0.39 is 0 Å². The Morgan fingerprint density at radius 2 is 1.09 bits per heavy atom. The molecule has 0 radical (unpaired) electrons. The molecule has 0 aliphatic rings. The van der Waals surface area contributed by atoms with E-state index in [-0.39, 0.29) is 0 Å². The SMILES string of the molecule is C=C(/N=C(\N=C(/C)c1ccccc1)c1ccccc1)c1cccc(-c2ccc3c4ccccc4n(-c4ccccc4)c3c2)c1. The van der Waals surface area contributed by atoms with Crippen molar-refractivity contribution in [3.05, 3.63) is 181 Å². The van der Waals surface area contributed by atoms with Gasteiger partial charge in [0.1, 0.15) is 0 Å². The number of para-hydroxylation sites is 2.